The Morgan fingerprint density at radius 2 is 1.91 bits per heavy atom. The Kier molecular flexibility index (Phi) is 6.38. The molecule has 1 heterocycles. The number of aldehydes is 1. The molecule has 0 saturated carbocycles. The maximum Gasteiger partial charge on any atom is 0.255 e. The number of rotatable bonds is 5. The third kappa shape index (κ3) is 4.94. The number of carbonyl (C=O) groups is 2. The van der Waals surface area contributed by atoms with Crippen molar-refractivity contribution in [3.8, 4) is 23.3 Å². The first-order chi connectivity index (χ1) is 16.3. The summed E-state index contributed by atoms with van der Waals surface area (Å²) in [5.74, 6) is 0.851. The van der Waals surface area contributed by atoms with Gasteiger partial charge in [-0.15, -0.1) is 0 Å². The average Bonchev–Trinajstić information content (AvgIpc) is 2.83. The van der Waals surface area contributed by atoms with E-state index in [9.17, 15) is 14.9 Å². The van der Waals surface area contributed by atoms with E-state index >= 15 is 0 Å². The van der Waals surface area contributed by atoms with Crippen LogP contribution in [0.5, 0.6) is 17.2 Å². The number of amides is 1. The van der Waals surface area contributed by atoms with Crippen LogP contribution in [0.2, 0.25) is 0 Å². The summed E-state index contributed by atoms with van der Waals surface area (Å²) >= 11 is 0. The van der Waals surface area contributed by atoms with E-state index in [1.165, 1.54) is 0 Å². The number of hydrogen-bond acceptors (Lipinski definition) is 5. The van der Waals surface area contributed by atoms with Gasteiger partial charge < -0.3 is 19.6 Å². The van der Waals surface area contributed by atoms with Gasteiger partial charge in [0.25, 0.3) is 5.91 Å². The standard InChI is InChI=1S/C28H26N2O4/c1-28(2,3)21-5-4-6-22(14-21)30-27(32)18-7-9-23(10-8-18)34-25-15-26-24(13-20(25)16-29)19(17-31)11-12-33-26/h4-10,13-15,17,19H,11-12H2,1-3H3,(H,30,32). The number of nitrogens with one attached hydrogen (secondary N) is 1. The highest BCUT2D eigenvalue weighted by Crippen LogP contribution is 2.39. The number of fused-ring (bicyclic) bond motifs is 1. The van der Waals surface area contributed by atoms with Crippen LogP contribution in [-0.2, 0) is 10.2 Å². The van der Waals surface area contributed by atoms with Crippen LogP contribution in [0.15, 0.2) is 60.7 Å². The molecule has 1 atom stereocenters. The maximum absolute atomic E-state index is 12.7. The molecule has 3 aromatic carbocycles. The van der Waals surface area contributed by atoms with Crippen molar-refractivity contribution in [1.29, 1.82) is 5.26 Å². The highest BCUT2D eigenvalue weighted by atomic mass is 16.5. The van der Waals surface area contributed by atoms with Gasteiger partial charge in [-0.1, -0.05) is 32.9 Å². The Bertz CT molecular complexity index is 1270. The Hall–Kier alpha value is -4.11. The molecule has 6 heteroatoms. The van der Waals surface area contributed by atoms with Crippen molar-refractivity contribution in [2.24, 2.45) is 0 Å². The molecule has 0 radical (unpaired) electrons. The van der Waals surface area contributed by atoms with Crippen LogP contribution in [-0.4, -0.2) is 18.8 Å². The molecule has 1 aliphatic rings. The predicted molar refractivity (Wildman–Crippen MR) is 130 cm³/mol. The molecule has 6 nitrogen and oxygen atoms in total. The lowest BCUT2D eigenvalue weighted by Crippen LogP contribution is -2.15. The van der Waals surface area contributed by atoms with E-state index in [0.717, 1.165) is 17.5 Å². The Morgan fingerprint density at radius 3 is 2.59 bits per heavy atom. The van der Waals surface area contributed by atoms with Crippen molar-refractivity contribution in [3.63, 3.8) is 0 Å². The number of ether oxygens (including phenoxy) is 2. The fourth-order valence-corrected chi connectivity index (χ4v) is 3.83. The first kappa shape index (κ1) is 23.1. The third-order valence-corrected chi connectivity index (χ3v) is 5.81. The number of hydrogen-bond donors (Lipinski definition) is 1. The number of benzene rings is 3. The molecule has 172 valence electrons. The highest BCUT2D eigenvalue weighted by molar-refractivity contribution is 6.04. The van der Waals surface area contributed by atoms with Crippen LogP contribution in [0.4, 0.5) is 5.69 Å². The molecule has 0 aromatic heterocycles. The van der Waals surface area contributed by atoms with E-state index in [1.807, 2.05) is 24.3 Å². The molecule has 0 bridgehead atoms. The lowest BCUT2D eigenvalue weighted by Gasteiger charge is -2.23. The van der Waals surface area contributed by atoms with Crippen molar-refractivity contribution < 1.29 is 19.1 Å². The minimum atomic E-state index is -0.285. The van der Waals surface area contributed by atoms with Crippen molar-refractivity contribution in [2.75, 3.05) is 11.9 Å². The second-order valence-electron chi connectivity index (χ2n) is 9.29. The van der Waals surface area contributed by atoms with Gasteiger partial charge in [-0.3, -0.25) is 4.79 Å². The molecular formula is C28H26N2O4. The zero-order valence-corrected chi connectivity index (χ0v) is 19.4. The molecule has 1 N–H and O–H groups in total. The van der Waals surface area contributed by atoms with E-state index in [4.69, 9.17) is 9.47 Å². The quantitative estimate of drug-likeness (QED) is 0.480. The largest absolute Gasteiger partial charge is 0.493 e. The van der Waals surface area contributed by atoms with Gasteiger partial charge in [0.05, 0.1) is 12.2 Å². The first-order valence-corrected chi connectivity index (χ1v) is 11.1. The molecule has 34 heavy (non-hydrogen) atoms. The van der Waals surface area contributed by atoms with E-state index in [2.05, 4.69) is 32.2 Å². The Labute approximate surface area is 199 Å². The van der Waals surface area contributed by atoms with Crippen LogP contribution < -0.4 is 14.8 Å². The molecular weight excluding hydrogens is 428 g/mol. The van der Waals surface area contributed by atoms with Gasteiger partial charge in [0, 0.05) is 28.8 Å². The summed E-state index contributed by atoms with van der Waals surface area (Å²) in [7, 11) is 0. The fourth-order valence-electron chi connectivity index (χ4n) is 3.83. The van der Waals surface area contributed by atoms with Crippen LogP contribution in [0, 0.1) is 11.3 Å². The van der Waals surface area contributed by atoms with Crippen molar-refractivity contribution >= 4 is 17.9 Å². The molecule has 3 aromatic rings. The van der Waals surface area contributed by atoms with Crippen molar-refractivity contribution in [3.05, 3.63) is 82.9 Å². The minimum absolute atomic E-state index is 0.0160. The van der Waals surface area contributed by atoms with Crippen molar-refractivity contribution in [1.82, 2.24) is 0 Å². The molecule has 1 amide bonds. The smallest absolute Gasteiger partial charge is 0.255 e. The summed E-state index contributed by atoms with van der Waals surface area (Å²) in [5, 5.41) is 12.5. The molecule has 0 spiro atoms. The van der Waals surface area contributed by atoms with E-state index in [0.29, 0.717) is 47.0 Å². The van der Waals surface area contributed by atoms with E-state index in [-0.39, 0.29) is 17.2 Å². The van der Waals surface area contributed by atoms with Gasteiger partial charge in [-0.2, -0.15) is 5.26 Å². The molecule has 0 fully saturated rings. The second kappa shape index (κ2) is 9.40. The lowest BCUT2D eigenvalue weighted by molar-refractivity contribution is -0.109. The van der Waals surface area contributed by atoms with Crippen LogP contribution >= 0.6 is 0 Å². The number of nitrogens with zero attached hydrogens (tertiary/aromatic N) is 1. The zero-order chi connectivity index (χ0) is 24.3. The average molecular weight is 455 g/mol. The van der Waals surface area contributed by atoms with Crippen LogP contribution in [0.25, 0.3) is 0 Å². The number of nitriles is 1. The van der Waals surface area contributed by atoms with Gasteiger partial charge in [0.2, 0.25) is 0 Å². The van der Waals surface area contributed by atoms with Crippen LogP contribution in [0.3, 0.4) is 0 Å². The zero-order valence-electron chi connectivity index (χ0n) is 19.4. The summed E-state index contributed by atoms with van der Waals surface area (Å²) in [6.45, 7) is 6.81. The highest BCUT2D eigenvalue weighted by Gasteiger charge is 2.24. The first-order valence-electron chi connectivity index (χ1n) is 11.1. The summed E-state index contributed by atoms with van der Waals surface area (Å²) in [4.78, 5) is 24.1. The van der Waals surface area contributed by atoms with Gasteiger partial charge in [-0.05, 0) is 59.9 Å². The Morgan fingerprint density at radius 1 is 1.15 bits per heavy atom. The molecule has 1 aliphatic heterocycles. The van der Waals surface area contributed by atoms with Crippen molar-refractivity contribution in [2.45, 2.75) is 38.5 Å². The maximum atomic E-state index is 12.7. The summed E-state index contributed by atoms with van der Waals surface area (Å²) in [5.41, 5.74) is 3.36. The summed E-state index contributed by atoms with van der Waals surface area (Å²) in [6.07, 6.45) is 1.47. The molecule has 0 aliphatic carbocycles. The minimum Gasteiger partial charge on any atom is -0.493 e. The number of carbonyl (C=O) groups excluding carboxylic acids is 2. The predicted octanol–water partition coefficient (Wildman–Crippen LogP) is 5.97. The Balaban J connectivity index is 1.50. The second-order valence-corrected chi connectivity index (χ2v) is 9.29. The van der Waals surface area contributed by atoms with Gasteiger partial charge >= 0.3 is 0 Å². The van der Waals surface area contributed by atoms with E-state index in [1.54, 1.807) is 36.4 Å². The normalized spacial score (nSPS) is 14.8. The molecule has 0 saturated heterocycles. The lowest BCUT2D eigenvalue weighted by atomic mass is 9.87. The van der Waals surface area contributed by atoms with Gasteiger partial charge in [0.15, 0.2) is 0 Å². The van der Waals surface area contributed by atoms with Crippen LogP contribution in [0.1, 0.15) is 60.2 Å². The van der Waals surface area contributed by atoms with Gasteiger partial charge in [0.1, 0.15) is 29.6 Å². The SMILES string of the molecule is CC(C)(C)c1cccc(NC(=O)c2ccc(Oc3cc4c(cc3C#N)C(C=O)CCO4)cc2)c1. The molecule has 4 rings (SSSR count). The third-order valence-electron chi connectivity index (χ3n) is 5.81. The molecule has 1 unspecified atom stereocenters. The summed E-state index contributed by atoms with van der Waals surface area (Å²) in [6, 6.07) is 19.9. The van der Waals surface area contributed by atoms with E-state index < -0.39 is 0 Å². The summed E-state index contributed by atoms with van der Waals surface area (Å²) < 4.78 is 11.6. The number of anilines is 1. The van der Waals surface area contributed by atoms with Gasteiger partial charge in [-0.25, -0.2) is 0 Å². The fraction of sp³-hybridized carbons (Fsp3) is 0.250. The topological polar surface area (TPSA) is 88.4 Å². The monoisotopic (exact) mass is 454 g/mol.